The molecular weight excluding hydrogens is 228 g/mol. The molecule has 18 heavy (non-hydrogen) atoms. The lowest BCUT2D eigenvalue weighted by molar-refractivity contribution is 0.134. The molecule has 1 aromatic rings. The molecule has 0 radical (unpaired) electrons. The zero-order valence-electron chi connectivity index (χ0n) is 11.2. The van der Waals surface area contributed by atoms with Gasteiger partial charge in [0.2, 0.25) is 0 Å². The zero-order valence-corrected chi connectivity index (χ0v) is 11.2. The smallest absolute Gasteiger partial charge is 0.134 e. The summed E-state index contributed by atoms with van der Waals surface area (Å²) in [5, 5.41) is 6.51. The van der Waals surface area contributed by atoms with E-state index in [0.29, 0.717) is 0 Å². The first-order valence-corrected chi connectivity index (χ1v) is 6.68. The summed E-state index contributed by atoms with van der Waals surface area (Å²) in [4.78, 5) is 8.46. The molecule has 100 valence electrons. The molecule has 5 heteroatoms. The second-order valence-electron chi connectivity index (χ2n) is 4.67. The standard InChI is InChI=1S/C13H22N4O/c1-3-14-12-10(2)13(17-9-16-12)15-6-7-18-8-11-4-5-11/h9,11H,3-8H2,1-2H3,(H2,14,15,16,17). The van der Waals surface area contributed by atoms with Crippen molar-refractivity contribution in [1.82, 2.24) is 9.97 Å². The van der Waals surface area contributed by atoms with Crippen LogP contribution in [0, 0.1) is 12.8 Å². The Hall–Kier alpha value is -1.36. The van der Waals surface area contributed by atoms with Crippen LogP contribution in [0.3, 0.4) is 0 Å². The van der Waals surface area contributed by atoms with Crippen LogP contribution >= 0.6 is 0 Å². The lowest BCUT2D eigenvalue weighted by Gasteiger charge is -2.12. The van der Waals surface area contributed by atoms with Gasteiger partial charge in [-0.3, -0.25) is 0 Å². The van der Waals surface area contributed by atoms with Gasteiger partial charge in [-0.15, -0.1) is 0 Å². The molecule has 0 aromatic carbocycles. The summed E-state index contributed by atoms with van der Waals surface area (Å²) >= 11 is 0. The SMILES string of the molecule is CCNc1ncnc(NCCOCC2CC2)c1C. The molecule has 0 unspecified atom stereocenters. The maximum Gasteiger partial charge on any atom is 0.134 e. The predicted molar refractivity (Wildman–Crippen MR) is 73.0 cm³/mol. The first-order chi connectivity index (χ1) is 8.81. The molecule has 1 fully saturated rings. The fraction of sp³-hybridized carbons (Fsp3) is 0.692. The van der Waals surface area contributed by atoms with Gasteiger partial charge in [0.25, 0.3) is 0 Å². The van der Waals surface area contributed by atoms with Crippen LogP contribution in [-0.4, -0.2) is 36.3 Å². The second kappa shape index (κ2) is 6.54. The highest BCUT2D eigenvalue weighted by atomic mass is 16.5. The molecule has 0 bridgehead atoms. The quantitative estimate of drug-likeness (QED) is 0.692. The maximum absolute atomic E-state index is 5.58. The average molecular weight is 250 g/mol. The van der Waals surface area contributed by atoms with Crippen LogP contribution < -0.4 is 10.6 Å². The summed E-state index contributed by atoms with van der Waals surface area (Å²) in [5.74, 6) is 2.61. The van der Waals surface area contributed by atoms with Gasteiger partial charge in [0.15, 0.2) is 0 Å². The van der Waals surface area contributed by atoms with E-state index in [2.05, 4.69) is 27.5 Å². The van der Waals surface area contributed by atoms with E-state index in [9.17, 15) is 0 Å². The van der Waals surface area contributed by atoms with Gasteiger partial charge in [-0.05, 0) is 32.6 Å². The van der Waals surface area contributed by atoms with Crippen molar-refractivity contribution in [1.29, 1.82) is 0 Å². The molecule has 1 aromatic heterocycles. The van der Waals surface area contributed by atoms with Crippen LogP contribution in [-0.2, 0) is 4.74 Å². The van der Waals surface area contributed by atoms with E-state index in [4.69, 9.17) is 4.74 Å². The minimum Gasteiger partial charge on any atom is -0.379 e. The van der Waals surface area contributed by atoms with E-state index in [1.165, 1.54) is 12.8 Å². The van der Waals surface area contributed by atoms with Gasteiger partial charge in [0, 0.05) is 25.3 Å². The Labute approximate surface area is 108 Å². The predicted octanol–water partition coefficient (Wildman–Crippen LogP) is 2.06. The van der Waals surface area contributed by atoms with Crippen molar-refractivity contribution in [2.24, 2.45) is 5.92 Å². The van der Waals surface area contributed by atoms with Crippen molar-refractivity contribution in [3.05, 3.63) is 11.9 Å². The number of nitrogens with one attached hydrogen (secondary N) is 2. The van der Waals surface area contributed by atoms with Crippen molar-refractivity contribution >= 4 is 11.6 Å². The van der Waals surface area contributed by atoms with Gasteiger partial charge in [0.05, 0.1) is 6.61 Å². The Balaban J connectivity index is 1.75. The minimum atomic E-state index is 0.733. The largest absolute Gasteiger partial charge is 0.379 e. The van der Waals surface area contributed by atoms with Crippen LogP contribution in [0.25, 0.3) is 0 Å². The van der Waals surface area contributed by atoms with Crippen molar-refractivity contribution in [2.45, 2.75) is 26.7 Å². The van der Waals surface area contributed by atoms with Crippen LogP contribution in [0.15, 0.2) is 6.33 Å². The van der Waals surface area contributed by atoms with Crippen LogP contribution in [0.4, 0.5) is 11.6 Å². The number of ether oxygens (including phenoxy) is 1. The molecule has 1 aliphatic rings. The minimum absolute atomic E-state index is 0.733. The Morgan fingerprint density at radius 1 is 1.28 bits per heavy atom. The fourth-order valence-corrected chi connectivity index (χ4v) is 1.75. The molecular formula is C13H22N4O. The van der Waals surface area contributed by atoms with Gasteiger partial charge < -0.3 is 15.4 Å². The lowest BCUT2D eigenvalue weighted by Crippen LogP contribution is -2.13. The van der Waals surface area contributed by atoms with Crippen LogP contribution in [0.1, 0.15) is 25.3 Å². The normalized spacial score (nSPS) is 14.6. The number of aromatic nitrogens is 2. The van der Waals surface area contributed by atoms with Crippen molar-refractivity contribution in [3.63, 3.8) is 0 Å². The Bertz CT molecular complexity index is 379. The van der Waals surface area contributed by atoms with E-state index in [1.807, 2.05) is 6.92 Å². The van der Waals surface area contributed by atoms with Crippen molar-refractivity contribution in [3.8, 4) is 0 Å². The summed E-state index contributed by atoms with van der Waals surface area (Å²) in [6, 6.07) is 0. The summed E-state index contributed by atoms with van der Waals surface area (Å²) in [5.41, 5.74) is 1.06. The van der Waals surface area contributed by atoms with Gasteiger partial charge in [0.1, 0.15) is 18.0 Å². The third kappa shape index (κ3) is 3.84. The van der Waals surface area contributed by atoms with Crippen LogP contribution in [0.2, 0.25) is 0 Å². The Morgan fingerprint density at radius 2 is 2.00 bits per heavy atom. The average Bonchev–Trinajstić information content (AvgIpc) is 3.17. The van der Waals surface area contributed by atoms with E-state index < -0.39 is 0 Å². The maximum atomic E-state index is 5.58. The molecule has 0 atom stereocenters. The monoisotopic (exact) mass is 250 g/mol. The van der Waals surface area contributed by atoms with Gasteiger partial charge >= 0.3 is 0 Å². The molecule has 1 aliphatic carbocycles. The molecule has 0 spiro atoms. The Morgan fingerprint density at radius 3 is 2.67 bits per heavy atom. The summed E-state index contributed by atoms with van der Waals surface area (Å²) in [7, 11) is 0. The highest BCUT2D eigenvalue weighted by Gasteiger charge is 2.20. The van der Waals surface area contributed by atoms with Gasteiger partial charge in [-0.25, -0.2) is 9.97 Å². The number of hydrogen-bond acceptors (Lipinski definition) is 5. The van der Waals surface area contributed by atoms with Crippen LogP contribution in [0.5, 0.6) is 0 Å². The third-order valence-corrected chi connectivity index (χ3v) is 3.02. The number of hydrogen-bond donors (Lipinski definition) is 2. The number of nitrogens with zero attached hydrogens (tertiary/aromatic N) is 2. The van der Waals surface area contributed by atoms with E-state index >= 15 is 0 Å². The van der Waals surface area contributed by atoms with Crippen molar-refractivity contribution in [2.75, 3.05) is 36.9 Å². The molecule has 0 aliphatic heterocycles. The van der Waals surface area contributed by atoms with E-state index in [1.54, 1.807) is 6.33 Å². The van der Waals surface area contributed by atoms with E-state index in [0.717, 1.165) is 49.4 Å². The first-order valence-electron chi connectivity index (χ1n) is 6.68. The highest BCUT2D eigenvalue weighted by molar-refractivity contribution is 5.56. The summed E-state index contributed by atoms with van der Waals surface area (Å²) in [6.07, 6.45) is 4.26. The second-order valence-corrected chi connectivity index (χ2v) is 4.67. The lowest BCUT2D eigenvalue weighted by atomic mass is 10.3. The third-order valence-electron chi connectivity index (χ3n) is 3.02. The molecule has 5 nitrogen and oxygen atoms in total. The van der Waals surface area contributed by atoms with Crippen molar-refractivity contribution < 1.29 is 4.74 Å². The molecule has 0 saturated heterocycles. The topological polar surface area (TPSA) is 59.1 Å². The Kier molecular flexibility index (Phi) is 4.75. The van der Waals surface area contributed by atoms with Gasteiger partial charge in [-0.2, -0.15) is 0 Å². The summed E-state index contributed by atoms with van der Waals surface area (Å²) < 4.78 is 5.58. The molecule has 2 N–H and O–H groups in total. The molecule has 1 heterocycles. The zero-order chi connectivity index (χ0) is 12.8. The molecule has 0 amide bonds. The molecule has 2 rings (SSSR count). The summed E-state index contributed by atoms with van der Waals surface area (Å²) in [6.45, 7) is 7.37. The van der Waals surface area contributed by atoms with Gasteiger partial charge in [-0.1, -0.05) is 0 Å². The highest BCUT2D eigenvalue weighted by Crippen LogP contribution is 2.28. The number of anilines is 2. The first kappa shape index (κ1) is 13.1. The fourth-order valence-electron chi connectivity index (χ4n) is 1.75. The number of rotatable bonds is 8. The van der Waals surface area contributed by atoms with E-state index in [-0.39, 0.29) is 0 Å². The molecule has 1 saturated carbocycles.